The standard InChI is InChI=1S/C9H20.C6H6O3S.H2S/c1-3-5-7-9-8-6-4-2;7-10(8,9)6-4-2-1-3-5-6;/h3-9H2,1-2H3;1-5H,(H,7,8,9);1H2. The third-order valence-electron chi connectivity index (χ3n) is 2.75. The van der Waals surface area contributed by atoms with Gasteiger partial charge >= 0.3 is 0 Å². The summed E-state index contributed by atoms with van der Waals surface area (Å²) < 4.78 is 29.2. The average molecular weight is 321 g/mol. The van der Waals surface area contributed by atoms with Crippen molar-refractivity contribution in [3.63, 3.8) is 0 Å². The Morgan fingerprint density at radius 2 is 1.25 bits per heavy atom. The second kappa shape index (κ2) is 13.5. The Bertz CT molecular complexity index is 396. The van der Waals surface area contributed by atoms with Crippen molar-refractivity contribution in [1.29, 1.82) is 0 Å². The molecule has 0 atom stereocenters. The van der Waals surface area contributed by atoms with Crippen LogP contribution in [0.5, 0.6) is 0 Å². The van der Waals surface area contributed by atoms with E-state index >= 15 is 0 Å². The van der Waals surface area contributed by atoms with Gasteiger partial charge in [-0.2, -0.15) is 21.9 Å². The largest absolute Gasteiger partial charge is 0.294 e. The molecule has 1 aromatic carbocycles. The summed E-state index contributed by atoms with van der Waals surface area (Å²) in [6.45, 7) is 4.53. The SMILES string of the molecule is CCCCCCCCC.O=S(=O)(O)c1ccccc1.S. The second-order valence-electron chi connectivity index (χ2n) is 4.56. The van der Waals surface area contributed by atoms with E-state index in [4.69, 9.17) is 4.55 Å². The molecule has 5 heteroatoms. The fourth-order valence-electron chi connectivity index (χ4n) is 1.62. The molecule has 0 amide bonds. The lowest BCUT2D eigenvalue weighted by molar-refractivity contribution is 0.483. The van der Waals surface area contributed by atoms with Gasteiger partial charge in [0.05, 0.1) is 4.90 Å². The van der Waals surface area contributed by atoms with Crippen LogP contribution < -0.4 is 0 Å². The maximum absolute atomic E-state index is 10.4. The molecule has 1 rings (SSSR count). The van der Waals surface area contributed by atoms with E-state index in [1.54, 1.807) is 18.2 Å². The number of benzene rings is 1. The summed E-state index contributed by atoms with van der Waals surface area (Å²) in [6.07, 6.45) is 9.97. The lowest BCUT2D eigenvalue weighted by Gasteiger charge is -1.96. The van der Waals surface area contributed by atoms with E-state index in [2.05, 4.69) is 13.8 Å². The van der Waals surface area contributed by atoms with Crippen molar-refractivity contribution in [2.24, 2.45) is 0 Å². The fraction of sp³-hybridized carbons (Fsp3) is 0.600. The van der Waals surface area contributed by atoms with Gasteiger partial charge in [-0.15, -0.1) is 0 Å². The first-order valence-corrected chi connectivity index (χ1v) is 8.48. The van der Waals surface area contributed by atoms with Crippen molar-refractivity contribution in [2.75, 3.05) is 0 Å². The Kier molecular flexibility index (Phi) is 14.7. The van der Waals surface area contributed by atoms with Gasteiger partial charge in [0.2, 0.25) is 0 Å². The van der Waals surface area contributed by atoms with Crippen LogP contribution in [-0.2, 0) is 10.1 Å². The molecule has 0 saturated heterocycles. The molecule has 0 saturated carbocycles. The van der Waals surface area contributed by atoms with Crippen molar-refractivity contribution in [2.45, 2.75) is 63.7 Å². The van der Waals surface area contributed by atoms with Gasteiger partial charge in [-0.05, 0) is 12.1 Å². The van der Waals surface area contributed by atoms with Gasteiger partial charge in [-0.1, -0.05) is 77.0 Å². The molecule has 0 aliphatic heterocycles. The highest BCUT2D eigenvalue weighted by Gasteiger charge is 2.05. The van der Waals surface area contributed by atoms with E-state index in [0.29, 0.717) is 0 Å². The van der Waals surface area contributed by atoms with Gasteiger partial charge in [0.15, 0.2) is 0 Å². The molecule has 0 heterocycles. The van der Waals surface area contributed by atoms with Crippen LogP contribution in [0.1, 0.15) is 58.8 Å². The minimum absolute atomic E-state index is 0. The lowest BCUT2D eigenvalue weighted by Crippen LogP contribution is -1.96. The predicted molar refractivity (Wildman–Crippen MR) is 90.3 cm³/mol. The van der Waals surface area contributed by atoms with Crippen LogP contribution in [0.2, 0.25) is 0 Å². The Hall–Kier alpha value is -0.520. The molecule has 1 aromatic rings. The Morgan fingerprint density at radius 1 is 0.850 bits per heavy atom. The first kappa shape index (κ1) is 21.8. The molecule has 0 aliphatic rings. The lowest BCUT2D eigenvalue weighted by atomic mass is 10.1. The van der Waals surface area contributed by atoms with Crippen LogP contribution in [0.15, 0.2) is 35.2 Å². The van der Waals surface area contributed by atoms with Crippen molar-refractivity contribution < 1.29 is 13.0 Å². The van der Waals surface area contributed by atoms with Crippen LogP contribution in [0.25, 0.3) is 0 Å². The van der Waals surface area contributed by atoms with Gasteiger partial charge in [0.25, 0.3) is 10.1 Å². The number of hydrogen-bond acceptors (Lipinski definition) is 2. The molecule has 3 nitrogen and oxygen atoms in total. The van der Waals surface area contributed by atoms with Crippen LogP contribution >= 0.6 is 13.5 Å². The summed E-state index contributed by atoms with van der Waals surface area (Å²) in [4.78, 5) is -0.0741. The predicted octanol–water partition coefficient (Wildman–Crippen LogP) is 4.80. The van der Waals surface area contributed by atoms with Crippen molar-refractivity contribution in [3.05, 3.63) is 30.3 Å². The van der Waals surface area contributed by atoms with E-state index in [1.807, 2.05) is 0 Å². The molecule has 0 spiro atoms. The highest BCUT2D eigenvalue weighted by Crippen LogP contribution is 2.06. The summed E-state index contributed by atoms with van der Waals surface area (Å²) in [5, 5.41) is 0. The Balaban J connectivity index is 0. The first-order valence-electron chi connectivity index (χ1n) is 7.04. The van der Waals surface area contributed by atoms with Crippen molar-refractivity contribution in [1.82, 2.24) is 0 Å². The average Bonchev–Trinajstić information content (AvgIpc) is 2.40. The molecule has 0 aromatic heterocycles. The van der Waals surface area contributed by atoms with Gasteiger partial charge in [0.1, 0.15) is 0 Å². The van der Waals surface area contributed by atoms with Crippen molar-refractivity contribution >= 4 is 23.6 Å². The molecular formula is C15H28O3S2. The monoisotopic (exact) mass is 320 g/mol. The number of hydrogen-bond donors (Lipinski definition) is 1. The highest BCUT2D eigenvalue weighted by atomic mass is 32.2. The zero-order valence-corrected chi connectivity index (χ0v) is 14.3. The van der Waals surface area contributed by atoms with E-state index in [1.165, 1.54) is 57.1 Å². The molecule has 118 valence electrons. The molecule has 0 aliphatic carbocycles. The quantitative estimate of drug-likeness (QED) is 0.580. The van der Waals surface area contributed by atoms with Gasteiger partial charge in [0, 0.05) is 0 Å². The minimum Gasteiger partial charge on any atom is -0.282 e. The summed E-state index contributed by atoms with van der Waals surface area (Å²) in [7, 11) is -4.00. The molecule has 0 unspecified atom stereocenters. The summed E-state index contributed by atoms with van der Waals surface area (Å²) in [5.41, 5.74) is 0. The van der Waals surface area contributed by atoms with Crippen LogP contribution in [-0.4, -0.2) is 13.0 Å². The van der Waals surface area contributed by atoms with Gasteiger partial charge < -0.3 is 0 Å². The van der Waals surface area contributed by atoms with Crippen LogP contribution in [0.4, 0.5) is 0 Å². The van der Waals surface area contributed by atoms with Gasteiger partial charge in [-0.25, -0.2) is 0 Å². The van der Waals surface area contributed by atoms with E-state index in [0.717, 1.165) is 0 Å². The molecule has 0 bridgehead atoms. The normalized spacial score (nSPS) is 10.2. The Morgan fingerprint density at radius 3 is 1.55 bits per heavy atom. The topological polar surface area (TPSA) is 54.4 Å². The number of unbranched alkanes of at least 4 members (excludes halogenated alkanes) is 6. The third kappa shape index (κ3) is 12.5. The van der Waals surface area contributed by atoms with Crippen LogP contribution in [0.3, 0.4) is 0 Å². The summed E-state index contributed by atoms with van der Waals surface area (Å²) in [6, 6.07) is 7.42. The zero-order chi connectivity index (χ0) is 14.6. The highest BCUT2D eigenvalue weighted by molar-refractivity contribution is 7.85. The Labute approximate surface area is 131 Å². The minimum atomic E-state index is -4.00. The smallest absolute Gasteiger partial charge is 0.282 e. The third-order valence-corrected chi connectivity index (χ3v) is 3.62. The second-order valence-corrected chi connectivity index (χ2v) is 5.98. The molecule has 0 fully saturated rings. The van der Waals surface area contributed by atoms with Crippen molar-refractivity contribution in [3.8, 4) is 0 Å². The summed E-state index contributed by atoms with van der Waals surface area (Å²) in [5.74, 6) is 0. The van der Waals surface area contributed by atoms with Gasteiger partial charge in [-0.3, -0.25) is 4.55 Å². The molecule has 0 radical (unpaired) electrons. The van der Waals surface area contributed by atoms with E-state index < -0.39 is 10.1 Å². The number of rotatable bonds is 7. The molecule has 1 N–H and O–H groups in total. The fourth-order valence-corrected chi connectivity index (χ4v) is 2.12. The molecular weight excluding hydrogens is 292 g/mol. The van der Waals surface area contributed by atoms with E-state index in [-0.39, 0.29) is 18.4 Å². The van der Waals surface area contributed by atoms with Crippen LogP contribution in [0, 0.1) is 0 Å². The maximum atomic E-state index is 10.4. The van der Waals surface area contributed by atoms with E-state index in [9.17, 15) is 8.42 Å². The first-order chi connectivity index (χ1) is 9.02. The zero-order valence-electron chi connectivity index (χ0n) is 12.5. The summed E-state index contributed by atoms with van der Waals surface area (Å²) >= 11 is 0. The maximum Gasteiger partial charge on any atom is 0.294 e. The molecule has 20 heavy (non-hydrogen) atoms.